The predicted octanol–water partition coefficient (Wildman–Crippen LogP) is 5.17. The molecule has 0 aromatic heterocycles. The number of rotatable bonds is 4. The number of benzene rings is 2. The van der Waals surface area contributed by atoms with Crippen molar-refractivity contribution >= 4 is 23.6 Å². The van der Waals surface area contributed by atoms with Gasteiger partial charge in [0.25, 0.3) is 0 Å². The summed E-state index contributed by atoms with van der Waals surface area (Å²) in [5, 5.41) is 3.75. The maximum Gasteiger partial charge on any atom is 0.410 e. The SMILES string of the molecule is C[C@H](NC(=O)[C@@H]1CN(C(=O)OC(C)(C)C)C[C@H]1c1ccc(Cl)cc1)c1ccccc1. The molecule has 2 amide bonds. The van der Waals surface area contributed by atoms with Gasteiger partial charge in [0.05, 0.1) is 12.0 Å². The molecule has 160 valence electrons. The molecule has 0 aliphatic carbocycles. The van der Waals surface area contributed by atoms with Crippen LogP contribution in [0.25, 0.3) is 0 Å². The van der Waals surface area contributed by atoms with E-state index in [2.05, 4.69) is 5.32 Å². The Morgan fingerprint density at radius 3 is 2.30 bits per heavy atom. The van der Waals surface area contributed by atoms with E-state index in [1.807, 2.05) is 82.3 Å². The van der Waals surface area contributed by atoms with Gasteiger partial charge in [0.1, 0.15) is 5.60 Å². The number of nitrogens with one attached hydrogen (secondary N) is 1. The van der Waals surface area contributed by atoms with Crippen LogP contribution in [0, 0.1) is 5.92 Å². The molecule has 1 fully saturated rings. The van der Waals surface area contributed by atoms with E-state index < -0.39 is 11.7 Å². The highest BCUT2D eigenvalue weighted by molar-refractivity contribution is 6.30. The lowest BCUT2D eigenvalue weighted by molar-refractivity contribution is -0.125. The number of likely N-dealkylation sites (tertiary alicyclic amines) is 1. The third kappa shape index (κ3) is 5.54. The van der Waals surface area contributed by atoms with E-state index in [0.717, 1.165) is 11.1 Å². The van der Waals surface area contributed by atoms with Crippen molar-refractivity contribution in [2.24, 2.45) is 5.92 Å². The Morgan fingerprint density at radius 1 is 1.07 bits per heavy atom. The monoisotopic (exact) mass is 428 g/mol. The second-order valence-corrected chi connectivity index (χ2v) is 9.23. The fourth-order valence-corrected chi connectivity index (χ4v) is 3.86. The average Bonchev–Trinajstić information content (AvgIpc) is 3.14. The van der Waals surface area contributed by atoms with Crippen LogP contribution in [-0.4, -0.2) is 35.6 Å². The van der Waals surface area contributed by atoms with Gasteiger partial charge in [-0.05, 0) is 51.0 Å². The van der Waals surface area contributed by atoms with Gasteiger partial charge in [0, 0.05) is 24.0 Å². The van der Waals surface area contributed by atoms with Crippen molar-refractivity contribution in [1.29, 1.82) is 0 Å². The zero-order chi connectivity index (χ0) is 21.9. The van der Waals surface area contributed by atoms with Crippen molar-refractivity contribution in [3.63, 3.8) is 0 Å². The van der Waals surface area contributed by atoms with Crippen molar-refractivity contribution < 1.29 is 14.3 Å². The molecule has 6 heteroatoms. The standard InChI is InChI=1S/C24H29ClN2O3/c1-16(17-8-6-5-7-9-17)26-22(28)21-15-27(23(29)30-24(2,3)4)14-20(21)18-10-12-19(25)13-11-18/h5-13,16,20-21H,14-15H2,1-4H3,(H,26,28)/t16-,20-,21+/m0/s1. The summed E-state index contributed by atoms with van der Waals surface area (Å²) in [7, 11) is 0. The molecular weight excluding hydrogens is 400 g/mol. The van der Waals surface area contributed by atoms with E-state index in [1.54, 1.807) is 4.90 Å². The fourth-order valence-electron chi connectivity index (χ4n) is 3.74. The maximum absolute atomic E-state index is 13.2. The van der Waals surface area contributed by atoms with Gasteiger partial charge in [0.15, 0.2) is 0 Å². The average molecular weight is 429 g/mol. The van der Waals surface area contributed by atoms with Crippen LogP contribution in [0.3, 0.4) is 0 Å². The lowest BCUT2D eigenvalue weighted by Crippen LogP contribution is -2.38. The lowest BCUT2D eigenvalue weighted by atomic mass is 9.88. The van der Waals surface area contributed by atoms with Crippen LogP contribution >= 0.6 is 11.6 Å². The van der Waals surface area contributed by atoms with E-state index >= 15 is 0 Å². The molecular formula is C24H29ClN2O3. The highest BCUT2D eigenvalue weighted by Crippen LogP contribution is 2.34. The second-order valence-electron chi connectivity index (χ2n) is 8.79. The molecule has 1 N–H and O–H groups in total. The van der Waals surface area contributed by atoms with Crippen LogP contribution in [-0.2, 0) is 9.53 Å². The number of carbonyl (C=O) groups is 2. The summed E-state index contributed by atoms with van der Waals surface area (Å²) in [5.41, 5.74) is 1.43. The molecule has 30 heavy (non-hydrogen) atoms. The van der Waals surface area contributed by atoms with Gasteiger partial charge in [-0.1, -0.05) is 54.1 Å². The summed E-state index contributed by atoms with van der Waals surface area (Å²) >= 11 is 6.04. The van der Waals surface area contributed by atoms with E-state index in [-0.39, 0.29) is 23.8 Å². The summed E-state index contributed by atoms with van der Waals surface area (Å²) < 4.78 is 5.54. The van der Waals surface area contributed by atoms with Crippen LogP contribution in [0.4, 0.5) is 4.79 Å². The zero-order valence-electron chi connectivity index (χ0n) is 17.9. The molecule has 0 bridgehead atoms. The first kappa shape index (κ1) is 22.2. The largest absolute Gasteiger partial charge is 0.444 e. The Morgan fingerprint density at radius 2 is 1.70 bits per heavy atom. The highest BCUT2D eigenvalue weighted by Gasteiger charge is 2.42. The van der Waals surface area contributed by atoms with E-state index in [4.69, 9.17) is 16.3 Å². The molecule has 2 aromatic rings. The van der Waals surface area contributed by atoms with Gasteiger partial charge in [0.2, 0.25) is 5.91 Å². The highest BCUT2D eigenvalue weighted by atomic mass is 35.5. The summed E-state index contributed by atoms with van der Waals surface area (Å²) in [6, 6.07) is 17.2. The molecule has 1 heterocycles. The normalized spacial score (nSPS) is 20.0. The number of ether oxygens (including phenoxy) is 1. The molecule has 3 rings (SSSR count). The Balaban J connectivity index is 1.79. The first-order valence-electron chi connectivity index (χ1n) is 10.2. The first-order valence-corrected chi connectivity index (χ1v) is 10.6. The van der Waals surface area contributed by atoms with Crippen molar-refractivity contribution in [3.05, 3.63) is 70.7 Å². The minimum Gasteiger partial charge on any atom is -0.444 e. The van der Waals surface area contributed by atoms with Gasteiger partial charge in [-0.3, -0.25) is 4.79 Å². The number of carbonyl (C=O) groups excluding carboxylic acids is 2. The van der Waals surface area contributed by atoms with E-state index in [0.29, 0.717) is 18.1 Å². The lowest BCUT2D eigenvalue weighted by Gasteiger charge is -2.24. The smallest absolute Gasteiger partial charge is 0.410 e. The number of halogens is 1. The molecule has 3 atom stereocenters. The molecule has 5 nitrogen and oxygen atoms in total. The first-order chi connectivity index (χ1) is 14.1. The Bertz CT molecular complexity index is 878. The molecule has 0 saturated carbocycles. The van der Waals surface area contributed by atoms with Gasteiger partial charge in [-0.25, -0.2) is 4.79 Å². The predicted molar refractivity (Wildman–Crippen MR) is 118 cm³/mol. The molecule has 1 saturated heterocycles. The zero-order valence-corrected chi connectivity index (χ0v) is 18.6. The van der Waals surface area contributed by atoms with Gasteiger partial charge in [-0.15, -0.1) is 0 Å². The number of hydrogen-bond donors (Lipinski definition) is 1. The molecule has 0 spiro atoms. The Kier molecular flexibility index (Phi) is 6.71. The summed E-state index contributed by atoms with van der Waals surface area (Å²) in [6.45, 7) is 8.21. The summed E-state index contributed by atoms with van der Waals surface area (Å²) in [5.74, 6) is -0.569. The van der Waals surface area contributed by atoms with Crippen LogP contribution < -0.4 is 5.32 Å². The molecule has 2 aromatic carbocycles. The molecule has 1 aliphatic rings. The van der Waals surface area contributed by atoms with Gasteiger partial charge < -0.3 is 15.0 Å². The second kappa shape index (κ2) is 9.09. The number of nitrogens with zero attached hydrogens (tertiary/aromatic N) is 1. The minimum absolute atomic E-state index is 0.0719. The molecule has 0 radical (unpaired) electrons. The van der Waals surface area contributed by atoms with Gasteiger partial charge in [-0.2, -0.15) is 0 Å². The third-order valence-corrected chi connectivity index (χ3v) is 5.52. The Labute approximate surface area is 183 Å². The van der Waals surface area contributed by atoms with Crippen molar-refractivity contribution in [2.75, 3.05) is 13.1 Å². The van der Waals surface area contributed by atoms with E-state index in [9.17, 15) is 9.59 Å². The third-order valence-electron chi connectivity index (χ3n) is 5.26. The van der Waals surface area contributed by atoms with Crippen LogP contribution in [0.1, 0.15) is 50.8 Å². The maximum atomic E-state index is 13.2. The van der Waals surface area contributed by atoms with Crippen molar-refractivity contribution in [1.82, 2.24) is 10.2 Å². The molecule has 1 aliphatic heterocycles. The quantitative estimate of drug-likeness (QED) is 0.730. The summed E-state index contributed by atoms with van der Waals surface area (Å²) in [6.07, 6.45) is -0.395. The van der Waals surface area contributed by atoms with Crippen LogP contribution in [0.2, 0.25) is 5.02 Å². The van der Waals surface area contributed by atoms with Crippen LogP contribution in [0.15, 0.2) is 54.6 Å². The topological polar surface area (TPSA) is 58.6 Å². The number of hydrogen-bond acceptors (Lipinski definition) is 3. The fraction of sp³-hybridized carbons (Fsp3) is 0.417. The van der Waals surface area contributed by atoms with Gasteiger partial charge >= 0.3 is 6.09 Å². The van der Waals surface area contributed by atoms with Crippen molar-refractivity contribution in [3.8, 4) is 0 Å². The van der Waals surface area contributed by atoms with Crippen LogP contribution in [0.5, 0.6) is 0 Å². The van der Waals surface area contributed by atoms with E-state index in [1.165, 1.54) is 0 Å². The molecule has 0 unspecified atom stereocenters. The van der Waals surface area contributed by atoms with Crippen molar-refractivity contribution in [2.45, 2.75) is 45.3 Å². The Hall–Kier alpha value is -2.53. The summed E-state index contributed by atoms with van der Waals surface area (Å²) in [4.78, 5) is 27.5. The number of amides is 2. The minimum atomic E-state index is -0.588.